The molecular formula is C17H33N. The van der Waals surface area contributed by atoms with Crippen molar-refractivity contribution in [3.05, 3.63) is 12.2 Å². The first-order chi connectivity index (χ1) is 8.76. The lowest BCUT2D eigenvalue weighted by Crippen LogP contribution is -2.32. The Morgan fingerprint density at radius 1 is 1.17 bits per heavy atom. The van der Waals surface area contributed by atoms with Gasteiger partial charge in [0.05, 0.1) is 0 Å². The third-order valence-corrected chi connectivity index (χ3v) is 4.31. The van der Waals surface area contributed by atoms with Gasteiger partial charge in [-0.15, -0.1) is 0 Å². The number of hydrogen-bond acceptors (Lipinski definition) is 1. The molecule has 1 atom stereocenters. The third kappa shape index (κ3) is 6.58. The summed E-state index contributed by atoms with van der Waals surface area (Å²) >= 11 is 0. The van der Waals surface area contributed by atoms with Crippen LogP contribution >= 0.6 is 0 Å². The lowest BCUT2D eigenvalue weighted by atomic mass is 9.89. The van der Waals surface area contributed by atoms with Gasteiger partial charge in [-0.3, -0.25) is 0 Å². The van der Waals surface area contributed by atoms with Gasteiger partial charge < -0.3 is 5.32 Å². The largest absolute Gasteiger partial charge is 0.314 e. The molecule has 0 aromatic heterocycles. The Morgan fingerprint density at radius 3 is 2.39 bits per heavy atom. The van der Waals surface area contributed by atoms with Crippen molar-refractivity contribution in [3.63, 3.8) is 0 Å². The average Bonchev–Trinajstić information content (AvgIpc) is 2.64. The van der Waals surface area contributed by atoms with E-state index in [-0.39, 0.29) is 0 Å². The number of hydrogen-bond donors (Lipinski definition) is 1. The summed E-state index contributed by atoms with van der Waals surface area (Å²) < 4.78 is 0. The molecule has 0 aromatic carbocycles. The maximum atomic E-state index is 4.19. The fourth-order valence-corrected chi connectivity index (χ4v) is 3.08. The first kappa shape index (κ1) is 15.8. The highest BCUT2D eigenvalue weighted by Gasteiger charge is 2.18. The standard InChI is InChI=1S/C17H33N/c1-4-12-18-17(13-15(3)5-2)14-16-10-8-6-7-9-11-16/h16-18H,3-14H2,1-2H3. The van der Waals surface area contributed by atoms with Crippen molar-refractivity contribution in [2.45, 2.75) is 84.1 Å². The molecule has 0 amide bonds. The smallest absolute Gasteiger partial charge is 0.0107 e. The molecule has 1 nitrogen and oxygen atoms in total. The highest BCUT2D eigenvalue weighted by molar-refractivity contribution is 4.97. The van der Waals surface area contributed by atoms with E-state index in [0.29, 0.717) is 6.04 Å². The van der Waals surface area contributed by atoms with Gasteiger partial charge in [-0.1, -0.05) is 64.5 Å². The number of rotatable bonds is 8. The average molecular weight is 251 g/mol. The Labute approximate surface area is 114 Å². The molecule has 1 aliphatic rings. The number of nitrogens with one attached hydrogen (secondary N) is 1. The molecule has 0 heterocycles. The van der Waals surface area contributed by atoms with Crippen molar-refractivity contribution in [2.75, 3.05) is 6.54 Å². The van der Waals surface area contributed by atoms with Crippen LogP contribution in [0.4, 0.5) is 0 Å². The van der Waals surface area contributed by atoms with E-state index in [4.69, 9.17) is 0 Å². The molecule has 1 aliphatic carbocycles. The van der Waals surface area contributed by atoms with Crippen molar-refractivity contribution in [1.29, 1.82) is 0 Å². The summed E-state index contributed by atoms with van der Waals surface area (Å²) in [6.07, 6.45) is 13.7. The van der Waals surface area contributed by atoms with Gasteiger partial charge in [0.25, 0.3) is 0 Å². The maximum Gasteiger partial charge on any atom is 0.0107 e. The second-order valence-corrected chi connectivity index (χ2v) is 6.05. The van der Waals surface area contributed by atoms with Gasteiger partial charge in [0.1, 0.15) is 0 Å². The van der Waals surface area contributed by atoms with Crippen LogP contribution < -0.4 is 5.32 Å². The molecule has 106 valence electrons. The van der Waals surface area contributed by atoms with Crippen LogP contribution in [0.1, 0.15) is 78.1 Å². The van der Waals surface area contributed by atoms with E-state index in [2.05, 4.69) is 25.7 Å². The van der Waals surface area contributed by atoms with Crippen LogP contribution in [0, 0.1) is 5.92 Å². The lowest BCUT2D eigenvalue weighted by molar-refractivity contribution is 0.348. The van der Waals surface area contributed by atoms with Crippen LogP contribution in [0.25, 0.3) is 0 Å². The summed E-state index contributed by atoms with van der Waals surface area (Å²) in [5, 5.41) is 3.74. The van der Waals surface area contributed by atoms with Gasteiger partial charge in [0.15, 0.2) is 0 Å². The zero-order valence-corrected chi connectivity index (χ0v) is 12.6. The third-order valence-electron chi connectivity index (χ3n) is 4.31. The van der Waals surface area contributed by atoms with Gasteiger partial charge in [0, 0.05) is 6.04 Å². The molecule has 0 spiro atoms. The van der Waals surface area contributed by atoms with Gasteiger partial charge in [0.2, 0.25) is 0 Å². The summed E-state index contributed by atoms with van der Waals surface area (Å²) in [4.78, 5) is 0. The molecule has 18 heavy (non-hydrogen) atoms. The SMILES string of the molecule is C=C(CC)CC(CC1CCCCCC1)NCCC. The fraction of sp³-hybridized carbons (Fsp3) is 0.882. The highest BCUT2D eigenvalue weighted by atomic mass is 14.9. The molecule has 1 fully saturated rings. The van der Waals surface area contributed by atoms with E-state index < -0.39 is 0 Å². The zero-order chi connectivity index (χ0) is 13.2. The quantitative estimate of drug-likeness (QED) is 0.469. The molecule has 0 aromatic rings. The summed E-state index contributed by atoms with van der Waals surface area (Å²) in [5.74, 6) is 0.964. The van der Waals surface area contributed by atoms with Crippen molar-refractivity contribution < 1.29 is 0 Å². The molecular weight excluding hydrogens is 218 g/mol. The zero-order valence-electron chi connectivity index (χ0n) is 12.6. The van der Waals surface area contributed by atoms with Crippen molar-refractivity contribution >= 4 is 0 Å². The Hall–Kier alpha value is -0.300. The van der Waals surface area contributed by atoms with Crippen LogP contribution in [-0.2, 0) is 0 Å². The van der Waals surface area contributed by atoms with Gasteiger partial charge >= 0.3 is 0 Å². The summed E-state index contributed by atoms with van der Waals surface area (Å²) in [7, 11) is 0. The Balaban J connectivity index is 2.39. The first-order valence-electron chi connectivity index (χ1n) is 8.16. The molecule has 0 saturated heterocycles. The minimum Gasteiger partial charge on any atom is -0.314 e. The molecule has 1 heteroatoms. The second-order valence-electron chi connectivity index (χ2n) is 6.05. The molecule has 0 radical (unpaired) electrons. The highest BCUT2D eigenvalue weighted by Crippen LogP contribution is 2.27. The van der Waals surface area contributed by atoms with Crippen molar-refractivity contribution in [2.24, 2.45) is 5.92 Å². The van der Waals surface area contributed by atoms with E-state index in [1.54, 1.807) is 0 Å². The topological polar surface area (TPSA) is 12.0 Å². The molecule has 0 bridgehead atoms. The van der Waals surface area contributed by atoms with E-state index in [1.165, 1.54) is 63.4 Å². The van der Waals surface area contributed by atoms with Crippen LogP contribution in [0.3, 0.4) is 0 Å². The van der Waals surface area contributed by atoms with E-state index >= 15 is 0 Å². The molecule has 0 aliphatic heterocycles. The van der Waals surface area contributed by atoms with Gasteiger partial charge in [-0.25, -0.2) is 0 Å². The van der Waals surface area contributed by atoms with E-state index in [0.717, 1.165) is 18.9 Å². The monoisotopic (exact) mass is 251 g/mol. The normalized spacial score (nSPS) is 19.4. The van der Waals surface area contributed by atoms with E-state index in [1.807, 2.05) is 0 Å². The molecule has 1 rings (SSSR count). The Kier molecular flexibility index (Phi) is 8.41. The van der Waals surface area contributed by atoms with E-state index in [9.17, 15) is 0 Å². The minimum atomic E-state index is 0.681. The fourth-order valence-electron chi connectivity index (χ4n) is 3.08. The predicted molar refractivity (Wildman–Crippen MR) is 81.9 cm³/mol. The second kappa shape index (κ2) is 9.61. The van der Waals surface area contributed by atoms with Crippen molar-refractivity contribution in [3.8, 4) is 0 Å². The lowest BCUT2D eigenvalue weighted by Gasteiger charge is -2.24. The summed E-state index contributed by atoms with van der Waals surface area (Å²) in [5.41, 5.74) is 1.41. The summed E-state index contributed by atoms with van der Waals surface area (Å²) in [6.45, 7) is 9.84. The van der Waals surface area contributed by atoms with Crippen LogP contribution in [0.2, 0.25) is 0 Å². The molecule has 1 saturated carbocycles. The maximum absolute atomic E-state index is 4.19. The minimum absolute atomic E-state index is 0.681. The first-order valence-corrected chi connectivity index (χ1v) is 8.16. The molecule has 1 N–H and O–H groups in total. The van der Waals surface area contributed by atoms with Crippen LogP contribution in [-0.4, -0.2) is 12.6 Å². The van der Waals surface area contributed by atoms with Gasteiger partial charge in [-0.2, -0.15) is 0 Å². The predicted octanol–water partition coefficient (Wildman–Crippen LogP) is 5.07. The Morgan fingerprint density at radius 2 is 1.83 bits per heavy atom. The summed E-state index contributed by atoms with van der Waals surface area (Å²) in [6, 6.07) is 0.681. The molecule has 1 unspecified atom stereocenters. The van der Waals surface area contributed by atoms with Gasteiger partial charge in [-0.05, 0) is 38.1 Å². The van der Waals surface area contributed by atoms with Crippen LogP contribution in [0.5, 0.6) is 0 Å². The van der Waals surface area contributed by atoms with Crippen LogP contribution in [0.15, 0.2) is 12.2 Å². The van der Waals surface area contributed by atoms with Crippen molar-refractivity contribution in [1.82, 2.24) is 5.32 Å². The Bertz CT molecular complexity index is 214.